The van der Waals surface area contributed by atoms with Gasteiger partial charge in [-0.1, -0.05) is 18.2 Å². The van der Waals surface area contributed by atoms with Gasteiger partial charge in [0.15, 0.2) is 17.9 Å². The maximum Gasteiger partial charge on any atom is 0.354 e. The van der Waals surface area contributed by atoms with Gasteiger partial charge in [-0.15, -0.1) is 0 Å². The number of esters is 1. The molecule has 0 fully saturated rings. The van der Waals surface area contributed by atoms with Crippen molar-refractivity contribution in [2.75, 3.05) is 19.0 Å². The van der Waals surface area contributed by atoms with E-state index in [1.807, 2.05) is 18.2 Å². The van der Waals surface area contributed by atoms with Gasteiger partial charge in [-0.05, 0) is 42.3 Å². The maximum absolute atomic E-state index is 12.5. The number of carboxylic acid groups (broad SMARTS) is 1. The Bertz CT molecular complexity index is 1580. The number of fused-ring (bicyclic) bond motifs is 2. The molecule has 13 nitrogen and oxygen atoms in total. The predicted octanol–water partition coefficient (Wildman–Crippen LogP) is 2.18. The minimum absolute atomic E-state index is 0.0292. The molecule has 206 valence electrons. The van der Waals surface area contributed by atoms with Crippen LogP contribution in [0.15, 0.2) is 60.8 Å². The van der Waals surface area contributed by atoms with E-state index in [0.29, 0.717) is 23.5 Å². The van der Waals surface area contributed by atoms with E-state index in [4.69, 9.17) is 10.5 Å². The number of nitrogens with zero attached hydrogens (tertiary/aromatic N) is 3. The zero-order chi connectivity index (χ0) is 28.8. The molecule has 4 aromatic rings. The molecule has 0 saturated carbocycles. The second-order valence-electron chi connectivity index (χ2n) is 8.61. The number of carboxylic acids is 1. The van der Waals surface area contributed by atoms with Crippen molar-refractivity contribution < 1.29 is 33.8 Å². The van der Waals surface area contributed by atoms with E-state index in [1.54, 1.807) is 31.2 Å². The van der Waals surface area contributed by atoms with Crippen LogP contribution in [-0.2, 0) is 16.1 Å². The van der Waals surface area contributed by atoms with Gasteiger partial charge in [0.1, 0.15) is 11.4 Å². The Morgan fingerprint density at radius 3 is 2.60 bits per heavy atom. The molecule has 0 unspecified atom stereocenters. The van der Waals surface area contributed by atoms with Crippen LogP contribution < -0.4 is 21.1 Å². The van der Waals surface area contributed by atoms with Gasteiger partial charge >= 0.3 is 11.9 Å². The summed E-state index contributed by atoms with van der Waals surface area (Å²) in [7, 11) is 1.30. The third kappa shape index (κ3) is 6.22. The summed E-state index contributed by atoms with van der Waals surface area (Å²) in [5.74, 6) is -1.60. The van der Waals surface area contributed by atoms with Crippen molar-refractivity contribution in [2.24, 2.45) is 5.73 Å². The Morgan fingerprint density at radius 2 is 1.93 bits per heavy atom. The number of anilines is 1. The largest absolute Gasteiger partial charge is 0.482 e. The number of carbonyl (C=O) groups is 4. The molecule has 0 spiro atoms. The van der Waals surface area contributed by atoms with Crippen LogP contribution in [0.5, 0.6) is 5.75 Å². The number of amides is 2. The number of nitrogens with one attached hydrogen (secondary N) is 2. The molecule has 3 heterocycles. The fraction of sp³-hybridized carbons (Fsp3) is 0.185. The fourth-order valence-electron chi connectivity index (χ4n) is 3.82. The Hall–Kier alpha value is -5.30. The van der Waals surface area contributed by atoms with Gasteiger partial charge < -0.3 is 30.9 Å². The average Bonchev–Trinajstić information content (AvgIpc) is 3.45. The molecule has 0 bridgehead atoms. The number of carbonyl (C=O) groups excluding carboxylic acids is 3. The van der Waals surface area contributed by atoms with Crippen molar-refractivity contribution in [1.29, 1.82) is 0 Å². The number of rotatable bonds is 6. The molecular formula is C27H26N6O7. The number of aromatic carboxylic acids is 1. The lowest BCUT2D eigenvalue weighted by molar-refractivity contribution is -0.118. The topological polar surface area (TPSA) is 187 Å². The molecule has 1 aliphatic rings. The smallest absolute Gasteiger partial charge is 0.354 e. The molecule has 13 heteroatoms. The third-order valence-corrected chi connectivity index (χ3v) is 5.90. The fourth-order valence-corrected chi connectivity index (χ4v) is 3.82. The Morgan fingerprint density at radius 1 is 1.18 bits per heavy atom. The van der Waals surface area contributed by atoms with Crippen molar-refractivity contribution in [2.45, 2.75) is 19.5 Å². The molecule has 5 rings (SSSR count). The standard InChI is InChI=1S/C18H16N4O5.C9H10N2O2/c1-10(11-3-5-12(6-4-11)18(26)27-2)20-16(23)13-9-14(17(24)25)22-15(21-13)7-8-19-22;10-4-6-1-2-8-7(3-6)11-9(12)5-13-8/h3-10H,1-2H3,(H,20,23)(H,24,25);1-3H,4-5,10H2,(H,11,12)/t10-;/m0./s1. The Kier molecular flexibility index (Phi) is 8.35. The Labute approximate surface area is 227 Å². The summed E-state index contributed by atoms with van der Waals surface area (Å²) in [4.78, 5) is 50.5. The molecule has 2 aromatic carbocycles. The monoisotopic (exact) mass is 546 g/mol. The van der Waals surface area contributed by atoms with Gasteiger partial charge in [-0.2, -0.15) is 5.10 Å². The van der Waals surface area contributed by atoms with E-state index in [2.05, 4.69) is 25.5 Å². The first-order valence-electron chi connectivity index (χ1n) is 12.0. The highest BCUT2D eigenvalue weighted by Gasteiger charge is 2.19. The first-order chi connectivity index (χ1) is 19.2. The summed E-state index contributed by atoms with van der Waals surface area (Å²) >= 11 is 0. The van der Waals surface area contributed by atoms with E-state index >= 15 is 0 Å². The van der Waals surface area contributed by atoms with Crippen molar-refractivity contribution in [1.82, 2.24) is 19.9 Å². The van der Waals surface area contributed by atoms with Crippen LogP contribution in [0.2, 0.25) is 0 Å². The van der Waals surface area contributed by atoms with Crippen molar-refractivity contribution >= 4 is 35.1 Å². The normalized spacial score (nSPS) is 12.6. The van der Waals surface area contributed by atoms with E-state index in [0.717, 1.165) is 15.6 Å². The van der Waals surface area contributed by atoms with Gasteiger partial charge in [0.2, 0.25) is 0 Å². The van der Waals surface area contributed by atoms with E-state index in [-0.39, 0.29) is 35.6 Å². The highest BCUT2D eigenvalue weighted by atomic mass is 16.5. The highest BCUT2D eigenvalue weighted by molar-refractivity contribution is 5.96. The SMILES string of the molecule is COC(=O)c1ccc([C@H](C)NC(=O)c2cc(C(=O)O)n3nccc3n2)cc1.NCc1ccc2c(c1)NC(=O)CO2. The summed E-state index contributed by atoms with van der Waals surface area (Å²) in [6.07, 6.45) is 1.40. The summed E-state index contributed by atoms with van der Waals surface area (Å²) in [6.45, 7) is 2.32. The number of aromatic nitrogens is 3. The van der Waals surface area contributed by atoms with Crippen LogP contribution in [-0.4, -0.2) is 57.2 Å². The van der Waals surface area contributed by atoms with Crippen LogP contribution in [0.4, 0.5) is 5.69 Å². The molecule has 0 aliphatic carbocycles. The number of nitrogens with two attached hydrogens (primary N) is 1. The Balaban J connectivity index is 0.000000236. The van der Waals surface area contributed by atoms with Gasteiger partial charge in [0.25, 0.3) is 11.8 Å². The minimum atomic E-state index is -1.22. The minimum Gasteiger partial charge on any atom is -0.482 e. The molecule has 0 radical (unpaired) electrons. The van der Waals surface area contributed by atoms with Crippen molar-refractivity contribution in [3.63, 3.8) is 0 Å². The van der Waals surface area contributed by atoms with Gasteiger partial charge in [-0.3, -0.25) is 9.59 Å². The van der Waals surface area contributed by atoms with Crippen LogP contribution in [0.1, 0.15) is 55.4 Å². The number of ether oxygens (including phenoxy) is 2. The predicted molar refractivity (Wildman–Crippen MR) is 142 cm³/mol. The zero-order valence-corrected chi connectivity index (χ0v) is 21.6. The van der Waals surface area contributed by atoms with Crippen LogP contribution >= 0.6 is 0 Å². The van der Waals surface area contributed by atoms with E-state index < -0.39 is 17.8 Å². The maximum atomic E-state index is 12.5. The first kappa shape index (κ1) is 27.7. The molecule has 40 heavy (non-hydrogen) atoms. The summed E-state index contributed by atoms with van der Waals surface area (Å²) in [6, 6.07) is 14.4. The average molecular weight is 547 g/mol. The molecule has 2 amide bonds. The van der Waals surface area contributed by atoms with Crippen LogP contribution in [0.3, 0.4) is 0 Å². The molecule has 2 aromatic heterocycles. The number of methoxy groups -OCH3 is 1. The molecular weight excluding hydrogens is 520 g/mol. The number of hydrogen-bond donors (Lipinski definition) is 4. The van der Waals surface area contributed by atoms with Gasteiger partial charge in [0.05, 0.1) is 30.6 Å². The second kappa shape index (κ2) is 12.0. The van der Waals surface area contributed by atoms with E-state index in [1.165, 1.54) is 25.4 Å². The van der Waals surface area contributed by atoms with Gasteiger partial charge in [0, 0.05) is 18.7 Å². The zero-order valence-electron chi connectivity index (χ0n) is 21.6. The van der Waals surface area contributed by atoms with Gasteiger partial charge in [-0.25, -0.2) is 19.1 Å². The van der Waals surface area contributed by atoms with E-state index in [9.17, 15) is 24.3 Å². The lowest BCUT2D eigenvalue weighted by atomic mass is 10.1. The highest BCUT2D eigenvalue weighted by Crippen LogP contribution is 2.28. The third-order valence-electron chi connectivity index (χ3n) is 5.90. The quantitative estimate of drug-likeness (QED) is 0.261. The van der Waals surface area contributed by atoms with Crippen LogP contribution in [0.25, 0.3) is 5.65 Å². The van der Waals surface area contributed by atoms with Crippen LogP contribution in [0, 0.1) is 0 Å². The lowest BCUT2D eigenvalue weighted by Crippen LogP contribution is -2.28. The number of hydrogen-bond acceptors (Lipinski definition) is 9. The molecule has 1 aliphatic heterocycles. The van der Waals surface area contributed by atoms with Crippen molar-refractivity contribution in [3.8, 4) is 5.75 Å². The summed E-state index contributed by atoms with van der Waals surface area (Å²) in [5.41, 5.74) is 8.38. The van der Waals surface area contributed by atoms with Crippen molar-refractivity contribution in [3.05, 3.63) is 88.9 Å². The lowest BCUT2D eigenvalue weighted by Gasteiger charge is -2.18. The molecule has 1 atom stereocenters. The number of benzene rings is 2. The summed E-state index contributed by atoms with van der Waals surface area (Å²) in [5, 5.41) is 18.7. The first-order valence-corrected chi connectivity index (χ1v) is 12.0. The summed E-state index contributed by atoms with van der Waals surface area (Å²) < 4.78 is 11.0. The molecule has 0 saturated heterocycles. The second-order valence-corrected chi connectivity index (χ2v) is 8.61. The molecule has 5 N–H and O–H groups in total.